The summed E-state index contributed by atoms with van der Waals surface area (Å²) >= 11 is 0. The van der Waals surface area contributed by atoms with Gasteiger partial charge in [0.2, 0.25) is 0 Å². The number of hydrogen-bond donors (Lipinski definition) is 2. The molecule has 0 heterocycles. The normalized spacial score (nSPS) is 12.3. The van der Waals surface area contributed by atoms with Crippen molar-refractivity contribution in [1.82, 2.24) is 0 Å². The first-order valence-corrected chi connectivity index (χ1v) is 10.9. The summed E-state index contributed by atoms with van der Waals surface area (Å²) in [6.45, 7) is 0.579. The third-order valence-corrected chi connectivity index (χ3v) is 5.43. The molecule has 0 saturated heterocycles. The molecule has 3 aromatic rings. The van der Waals surface area contributed by atoms with Gasteiger partial charge in [-0.2, -0.15) is 0 Å². The molecule has 1 atom stereocenters. The third-order valence-electron chi connectivity index (χ3n) is 5.43. The van der Waals surface area contributed by atoms with Gasteiger partial charge in [0.05, 0.1) is 12.3 Å². The predicted molar refractivity (Wildman–Crippen MR) is 128 cm³/mol. The average Bonchev–Trinajstić information content (AvgIpc) is 2.86. The number of benzene rings is 3. The second-order valence-electron chi connectivity index (χ2n) is 7.71. The van der Waals surface area contributed by atoms with Crippen LogP contribution in [0.5, 0.6) is 5.75 Å². The highest BCUT2D eigenvalue weighted by Gasteiger charge is 2.17. The Kier molecular flexibility index (Phi) is 9.03. The SMILES string of the molecule is CO[C@@H](Cc1ccc(/C(CCCCOc2ccc(-c3ccccc3)cc2)=N/O)cc1)C(=O)O. The van der Waals surface area contributed by atoms with E-state index >= 15 is 0 Å². The number of oxime groups is 1. The summed E-state index contributed by atoms with van der Waals surface area (Å²) in [5.74, 6) is -0.161. The Labute approximate surface area is 194 Å². The number of nitrogens with zero attached hydrogens (tertiary/aromatic N) is 1. The fourth-order valence-corrected chi connectivity index (χ4v) is 3.53. The first-order valence-electron chi connectivity index (χ1n) is 10.9. The second-order valence-corrected chi connectivity index (χ2v) is 7.71. The monoisotopic (exact) mass is 447 g/mol. The van der Waals surface area contributed by atoms with E-state index in [9.17, 15) is 10.0 Å². The number of hydrogen-bond acceptors (Lipinski definition) is 5. The minimum Gasteiger partial charge on any atom is -0.494 e. The van der Waals surface area contributed by atoms with Crippen molar-refractivity contribution < 1.29 is 24.6 Å². The summed E-state index contributed by atoms with van der Waals surface area (Å²) in [7, 11) is 1.38. The van der Waals surface area contributed by atoms with Crippen LogP contribution in [-0.4, -0.2) is 41.8 Å². The average molecular weight is 448 g/mol. The predicted octanol–water partition coefficient (Wildman–Crippen LogP) is 5.42. The van der Waals surface area contributed by atoms with Gasteiger partial charge in [-0.1, -0.05) is 71.9 Å². The Bertz CT molecular complexity index is 1030. The maximum absolute atomic E-state index is 11.1. The lowest BCUT2D eigenvalue weighted by molar-refractivity contribution is -0.148. The van der Waals surface area contributed by atoms with Gasteiger partial charge in [-0.05, 0) is 53.6 Å². The smallest absolute Gasteiger partial charge is 0.333 e. The number of unbranched alkanes of at least 4 members (excludes halogenated alkanes) is 1. The van der Waals surface area contributed by atoms with Crippen molar-refractivity contribution in [2.45, 2.75) is 31.8 Å². The molecule has 172 valence electrons. The number of carboxylic acids is 1. The van der Waals surface area contributed by atoms with Crippen LogP contribution >= 0.6 is 0 Å². The molecule has 3 rings (SSSR count). The summed E-state index contributed by atoms with van der Waals surface area (Å²) in [4.78, 5) is 11.1. The molecule has 0 fully saturated rings. The molecule has 6 nitrogen and oxygen atoms in total. The number of carboxylic acid groups (broad SMARTS) is 1. The molecule has 3 aromatic carbocycles. The number of methoxy groups -OCH3 is 1. The van der Waals surface area contributed by atoms with Crippen LogP contribution in [0.25, 0.3) is 11.1 Å². The zero-order chi connectivity index (χ0) is 23.5. The minimum atomic E-state index is -0.992. The van der Waals surface area contributed by atoms with Crippen LogP contribution in [0.3, 0.4) is 0 Å². The molecular formula is C27H29NO5. The number of ether oxygens (including phenoxy) is 2. The van der Waals surface area contributed by atoms with Crippen molar-refractivity contribution in [2.24, 2.45) is 5.16 Å². The van der Waals surface area contributed by atoms with Gasteiger partial charge in [0.15, 0.2) is 6.10 Å². The van der Waals surface area contributed by atoms with E-state index < -0.39 is 12.1 Å². The number of carbonyl (C=O) groups is 1. The second kappa shape index (κ2) is 12.4. The molecule has 33 heavy (non-hydrogen) atoms. The summed E-state index contributed by atoms with van der Waals surface area (Å²) in [5, 5.41) is 22.0. The summed E-state index contributed by atoms with van der Waals surface area (Å²) in [6, 6.07) is 25.6. The Morgan fingerprint density at radius 2 is 1.58 bits per heavy atom. The number of rotatable bonds is 12. The molecule has 0 radical (unpaired) electrons. The maximum Gasteiger partial charge on any atom is 0.333 e. The van der Waals surface area contributed by atoms with Crippen molar-refractivity contribution in [3.8, 4) is 16.9 Å². The van der Waals surface area contributed by atoms with Gasteiger partial charge < -0.3 is 19.8 Å². The largest absolute Gasteiger partial charge is 0.494 e. The molecule has 0 bridgehead atoms. The zero-order valence-corrected chi connectivity index (χ0v) is 18.7. The van der Waals surface area contributed by atoms with Crippen LogP contribution in [0.4, 0.5) is 0 Å². The fraction of sp³-hybridized carbons (Fsp3) is 0.259. The molecule has 0 aliphatic rings. The molecule has 0 aliphatic heterocycles. The van der Waals surface area contributed by atoms with Crippen LogP contribution in [0.15, 0.2) is 84.0 Å². The maximum atomic E-state index is 11.1. The molecule has 0 amide bonds. The molecule has 0 aliphatic carbocycles. The van der Waals surface area contributed by atoms with E-state index in [-0.39, 0.29) is 6.42 Å². The van der Waals surface area contributed by atoms with Crippen molar-refractivity contribution in [3.63, 3.8) is 0 Å². The van der Waals surface area contributed by atoms with E-state index in [2.05, 4.69) is 29.4 Å². The van der Waals surface area contributed by atoms with Gasteiger partial charge in [-0.3, -0.25) is 0 Å². The lowest BCUT2D eigenvalue weighted by Crippen LogP contribution is -2.24. The minimum absolute atomic E-state index is 0.279. The standard InChI is InChI=1S/C27H29NO5/c1-32-26(27(29)30)19-20-10-12-23(13-11-20)25(28-31)9-5-6-18-33-24-16-14-22(15-17-24)21-7-3-2-4-8-21/h2-4,7-8,10-17,26,31H,5-6,9,18-19H2,1H3,(H,29,30)/b28-25+/t26-/m0/s1. The van der Waals surface area contributed by atoms with Crippen molar-refractivity contribution in [1.29, 1.82) is 0 Å². The van der Waals surface area contributed by atoms with Crippen LogP contribution in [-0.2, 0) is 16.0 Å². The first-order chi connectivity index (χ1) is 16.1. The summed E-state index contributed by atoms with van der Waals surface area (Å²) < 4.78 is 10.8. The Hall–Kier alpha value is -3.64. The van der Waals surface area contributed by atoms with Gasteiger partial charge in [-0.25, -0.2) is 4.79 Å². The van der Waals surface area contributed by atoms with E-state index in [1.165, 1.54) is 12.7 Å². The van der Waals surface area contributed by atoms with E-state index in [4.69, 9.17) is 14.6 Å². The van der Waals surface area contributed by atoms with Crippen molar-refractivity contribution in [3.05, 3.63) is 90.0 Å². The van der Waals surface area contributed by atoms with Gasteiger partial charge in [0.1, 0.15) is 5.75 Å². The molecule has 0 saturated carbocycles. The highest BCUT2D eigenvalue weighted by molar-refractivity contribution is 6.00. The topological polar surface area (TPSA) is 88.4 Å². The Balaban J connectivity index is 1.42. The summed E-state index contributed by atoms with van der Waals surface area (Å²) in [6.07, 6.45) is 1.65. The molecule has 0 aromatic heterocycles. The lowest BCUT2D eigenvalue weighted by Gasteiger charge is -2.11. The van der Waals surface area contributed by atoms with Crippen molar-refractivity contribution >= 4 is 11.7 Å². The Morgan fingerprint density at radius 1 is 0.909 bits per heavy atom. The van der Waals surface area contributed by atoms with Crippen LogP contribution < -0.4 is 4.74 Å². The molecule has 0 unspecified atom stereocenters. The summed E-state index contributed by atoms with van der Waals surface area (Å²) in [5.41, 5.74) is 4.57. The highest BCUT2D eigenvalue weighted by Crippen LogP contribution is 2.22. The fourth-order valence-electron chi connectivity index (χ4n) is 3.53. The first kappa shape index (κ1) is 24.0. The van der Waals surface area contributed by atoms with Crippen molar-refractivity contribution in [2.75, 3.05) is 13.7 Å². The molecule has 6 heteroatoms. The van der Waals surface area contributed by atoms with Gasteiger partial charge in [-0.15, -0.1) is 0 Å². The lowest BCUT2D eigenvalue weighted by atomic mass is 10.0. The van der Waals surface area contributed by atoms with Gasteiger partial charge in [0.25, 0.3) is 0 Å². The van der Waals surface area contributed by atoms with Gasteiger partial charge in [0, 0.05) is 13.5 Å². The van der Waals surface area contributed by atoms with Gasteiger partial charge >= 0.3 is 5.97 Å². The quantitative estimate of drug-likeness (QED) is 0.167. The van der Waals surface area contributed by atoms with Crippen LogP contribution in [0.2, 0.25) is 0 Å². The third kappa shape index (κ3) is 7.19. The molecule has 0 spiro atoms. The van der Waals surface area contributed by atoms with E-state index in [0.29, 0.717) is 18.7 Å². The zero-order valence-electron chi connectivity index (χ0n) is 18.7. The van der Waals surface area contributed by atoms with E-state index in [1.807, 2.05) is 54.6 Å². The van der Waals surface area contributed by atoms with E-state index in [1.54, 1.807) is 0 Å². The molecule has 2 N–H and O–H groups in total. The van der Waals surface area contributed by atoms with Crippen LogP contribution in [0, 0.1) is 0 Å². The number of aliphatic carboxylic acids is 1. The van der Waals surface area contributed by atoms with E-state index in [0.717, 1.165) is 35.3 Å². The Morgan fingerprint density at radius 3 is 2.18 bits per heavy atom. The van der Waals surface area contributed by atoms with Crippen LogP contribution in [0.1, 0.15) is 30.4 Å². The highest BCUT2D eigenvalue weighted by atomic mass is 16.5. The molecular weight excluding hydrogens is 418 g/mol.